The van der Waals surface area contributed by atoms with E-state index < -0.39 is 17.9 Å². The summed E-state index contributed by atoms with van der Waals surface area (Å²) in [5.41, 5.74) is 13.7. The van der Waals surface area contributed by atoms with E-state index in [0.717, 1.165) is 54.8 Å². The maximum Gasteiger partial charge on any atom is 0.270 e. The third-order valence-corrected chi connectivity index (χ3v) is 7.96. The summed E-state index contributed by atoms with van der Waals surface area (Å²) in [6, 6.07) is 12.0. The first-order chi connectivity index (χ1) is 18.8. The zero-order valence-corrected chi connectivity index (χ0v) is 22.5. The van der Waals surface area contributed by atoms with Crippen LogP contribution in [0.1, 0.15) is 75.0 Å². The van der Waals surface area contributed by atoms with Gasteiger partial charge in [-0.05, 0) is 54.6 Å². The molecule has 3 amide bonds. The van der Waals surface area contributed by atoms with Gasteiger partial charge in [-0.1, -0.05) is 55.2 Å². The first-order valence-electron chi connectivity index (χ1n) is 12.9. The Morgan fingerprint density at radius 1 is 1.08 bits per heavy atom. The second-order valence-corrected chi connectivity index (χ2v) is 10.7. The molecule has 2 aromatic carbocycles. The van der Waals surface area contributed by atoms with Gasteiger partial charge in [0.2, 0.25) is 12.7 Å². The maximum absolute atomic E-state index is 14.1. The number of carbonyl (C=O) groups excluding carboxylic acids is 3. The quantitative estimate of drug-likeness (QED) is 0.388. The predicted molar refractivity (Wildman–Crippen MR) is 146 cm³/mol. The molecule has 3 aromatic rings. The molecule has 2 aliphatic rings. The molecule has 5 rings (SSSR count). The van der Waals surface area contributed by atoms with Gasteiger partial charge in [0.25, 0.3) is 11.8 Å². The van der Waals surface area contributed by atoms with Gasteiger partial charge in [0.15, 0.2) is 17.2 Å². The molecule has 0 unspecified atom stereocenters. The number of hydrogen-bond donors (Lipinski definition) is 3. The molecule has 1 aliphatic carbocycles. The van der Waals surface area contributed by atoms with Crippen molar-refractivity contribution in [2.75, 3.05) is 12.5 Å². The van der Waals surface area contributed by atoms with Crippen molar-refractivity contribution in [1.82, 2.24) is 14.6 Å². The van der Waals surface area contributed by atoms with Crippen LogP contribution in [0, 0.1) is 6.92 Å². The predicted octanol–water partition coefficient (Wildman–Crippen LogP) is 3.69. The smallest absolute Gasteiger partial charge is 0.270 e. The number of amides is 3. The van der Waals surface area contributed by atoms with E-state index in [1.54, 1.807) is 12.1 Å². The topological polar surface area (TPSA) is 150 Å². The Morgan fingerprint density at radius 2 is 1.79 bits per heavy atom. The highest BCUT2D eigenvalue weighted by Gasteiger charge is 2.36. The minimum absolute atomic E-state index is 0.0385. The molecule has 0 spiro atoms. The number of nitrogens with zero attached hydrogens (tertiary/aromatic N) is 2. The van der Waals surface area contributed by atoms with Gasteiger partial charge in [-0.15, -0.1) is 0 Å². The Hall–Kier alpha value is -4.12. The normalized spacial score (nSPS) is 15.5. The number of primary amides is 1. The number of rotatable bonds is 8. The van der Waals surface area contributed by atoms with Crippen molar-refractivity contribution in [3.8, 4) is 11.5 Å². The Kier molecular flexibility index (Phi) is 7.69. The molecule has 0 radical (unpaired) electrons. The van der Waals surface area contributed by atoms with E-state index in [1.807, 2.05) is 37.3 Å². The van der Waals surface area contributed by atoms with Gasteiger partial charge < -0.3 is 31.2 Å². The van der Waals surface area contributed by atoms with Crippen LogP contribution in [0.5, 0.6) is 11.5 Å². The minimum atomic E-state index is -0.969. The van der Waals surface area contributed by atoms with Gasteiger partial charge in [-0.25, -0.2) is 0 Å². The number of fused-ring (bicyclic) bond motifs is 1. The number of nitrogen functional groups attached to an aromatic ring is 1. The van der Waals surface area contributed by atoms with E-state index in [1.165, 1.54) is 4.90 Å². The number of ether oxygens (including phenoxy) is 2. The van der Waals surface area contributed by atoms with Crippen molar-refractivity contribution in [2.24, 2.45) is 5.73 Å². The summed E-state index contributed by atoms with van der Waals surface area (Å²) in [4.78, 5) is 41.5. The molecule has 10 nitrogen and oxygen atoms in total. The van der Waals surface area contributed by atoms with Gasteiger partial charge in [0.1, 0.15) is 10.9 Å². The zero-order valence-electron chi connectivity index (χ0n) is 21.6. The van der Waals surface area contributed by atoms with E-state index in [2.05, 4.69) is 9.69 Å². The summed E-state index contributed by atoms with van der Waals surface area (Å²) in [6.45, 7) is 2.14. The molecule has 1 saturated carbocycles. The maximum atomic E-state index is 14.1. The summed E-state index contributed by atoms with van der Waals surface area (Å²) in [5.74, 6) is -0.459. The van der Waals surface area contributed by atoms with Crippen LogP contribution < -0.4 is 26.3 Å². The van der Waals surface area contributed by atoms with Crippen LogP contribution in [0.4, 0.5) is 5.69 Å². The number of aromatic nitrogens is 1. The minimum Gasteiger partial charge on any atom is -0.454 e. The lowest BCUT2D eigenvalue weighted by molar-refractivity contribution is -0.127. The van der Waals surface area contributed by atoms with E-state index in [-0.39, 0.29) is 41.5 Å². The fraction of sp³-hybridized carbons (Fsp3) is 0.357. The number of nitrogens with one attached hydrogen (secondary N) is 1. The largest absolute Gasteiger partial charge is 0.454 e. The average molecular weight is 550 g/mol. The SMILES string of the molecule is Cc1ccc([C@@H](C(=O)NC2CCCCC2)N(Cc2ccc3c(c2)OCO3)C(=O)c2snc(C(N)=O)c2N)cc1. The lowest BCUT2D eigenvalue weighted by Crippen LogP contribution is -2.46. The van der Waals surface area contributed by atoms with E-state index in [9.17, 15) is 14.4 Å². The number of carbonyl (C=O) groups is 3. The molecule has 11 heteroatoms. The average Bonchev–Trinajstić information content (AvgIpc) is 3.55. The van der Waals surface area contributed by atoms with Crippen molar-refractivity contribution in [3.05, 3.63) is 69.7 Å². The molecule has 204 valence electrons. The van der Waals surface area contributed by atoms with Gasteiger partial charge in [0, 0.05) is 12.6 Å². The van der Waals surface area contributed by atoms with Crippen LogP contribution in [0.15, 0.2) is 42.5 Å². The van der Waals surface area contributed by atoms with Crippen molar-refractivity contribution in [1.29, 1.82) is 0 Å². The summed E-state index contributed by atoms with van der Waals surface area (Å²) in [6.07, 6.45) is 5.04. The molecule has 39 heavy (non-hydrogen) atoms. The fourth-order valence-corrected chi connectivity index (χ4v) is 5.79. The van der Waals surface area contributed by atoms with Gasteiger partial charge in [-0.2, -0.15) is 4.37 Å². The highest BCUT2D eigenvalue weighted by atomic mass is 32.1. The van der Waals surface area contributed by atoms with E-state index >= 15 is 0 Å². The molecule has 0 saturated heterocycles. The molecule has 1 aliphatic heterocycles. The van der Waals surface area contributed by atoms with Crippen molar-refractivity contribution in [3.63, 3.8) is 0 Å². The highest BCUT2D eigenvalue weighted by Crippen LogP contribution is 2.35. The van der Waals surface area contributed by atoms with E-state index in [4.69, 9.17) is 20.9 Å². The van der Waals surface area contributed by atoms with Crippen LogP contribution in [0.25, 0.3) is 0 Å². The number of anilines is 1. The summed E-state index contributed by atoms with van der Waals surface area (Å²) < 4.78 is 15.0. The molecule has 1 atom stereocenters. The summed E-state index contributed by atoms with van der Waals surface area (Å²) in [7, 11) is 0. The second-order valence-electron chi connectivity index (χ2n) is 9.92. The molecule has 2 heterocycles. The first-order valence-corrected chi connectivity index (χ1v) is 13.7. The molecular formula is C28H31N5O5S. The molecule has 1 fully saturated rings. The van der Waals surface area contributed by atoms with Crippen LogP contribution in [0.3, 0.4) is 0 Å². The Labute approximate surface area is 230 Å². The zero-order chi connectivity index (χ0) is 27.5. The van der Waals surface area contributed by atoms with Crippen LogP contribution in [0.2, 0.25) is 0 Å². The van der Waals surface area contributed by atoms with Crippen LogP contribution >= 0.6 is 11.5 Å². The monoisotopic (exact) mass is 549 g/mol. The molecule has 5 N–H and O–H groups in total. The molecule has 1 aromatic heterocycles. The lowest BCUT2D eigenvalue weighted by Gasteiger charge is -2.33. The van der Waals surface area contributed by atoms with Crippen molar-refractivity contribution in [2.45, 2.75) is 57.7 Å². The van der Waals surface area contributed by atoms with Crippen LogP contribution in [-0.2, 0) is 11.3 Å². The number of aryl methyl sites for hydroxylation is 1. The Morgan fingerprint density at radius 3 is 2.49 bits per heavy atom. The standard InChI is InChI=1S/C28H31N5O5S/c1-16-7-10-18(11-8-16)24(27(35)31-19-5-3-2-4-6-19)33(14-17-9-12-20-21(13-17)38-15-37-20)28(36)25-22(29)23(26(30)34)32-39-25/h7-13,19,24H,2-6,14-15,29H2,1H3,(H2,30,34)(H,31,35)/t24-/m0/s1. The summed E-state index contributed by atoms with van der Waals surface area (Å²) in [5, 5.41) is 3.19. The number of hydrogen-bond acceptors (Lipinski definition) is 8. The Balaban J connectivity index is 1.57. The first kappa shape index (κ1) is 26.5. The van der Waals surface area contributed by atoms with Crippen molar-refractivity contribution >= 4 is 34.9 Å². The van der Waals surface area contributed by atoms with Crippen molar-refractivity contribution < 1.29 is 23.9 Å². The van der Waals surface area contributed by atoms with E-state index in [0.29, 0.717) is 17.1 Å². The highest BCUT2D eigenvalue weighted by molar-refractivity contribution is 7.09. The number of nitrogens with two attached hydrogens (primary N) is 2. The third kappa shape index (κ3) is 5.68. The van der Waals surface area contributed by atoms with Crippen LogP contribution in [-0.4, -0.2) is 39.8 Å². The summed E-state index contributed by atoms with van der Waals surface area (Å²) >= 11 is 0.791. The second kappa shape index (κ2) is 11.3. The van der Waals surface area contributed by atoms with Gasteiger partial charge in [-0.3, -0.25) is 14.4 Å². The van der Waals surface area contributed by atoms with Gasteiger partial charge >= 0.3 is 0 Å². The third-order valence-electron chi connectivity index (χ3n) is 7.11. The Bertz CT molecular complexity index is 1380. The molecular weight excluding hydrogens is 518 g/mol. The number of benzene rings is 2. The van der Waals surface area contributed by atoms with Gasteiger partial charge in [0.05, 0.1) is 5.69 Å². The lowest BCUT2D eigenvalue weighted by atomic mass is 9.94. The fourth-order valence-electron chi connectivity index (χ4n) is 5.02. The molecule has 0 bridgehead atoms.